The summed E-state index contributed by atoms with van der Waals surface area (Å²) in [6, 6.07) is 8.18. The molecule has 2 rings (SSSR count). The summed E-state index contributed by atoms with van der Waals surface area (Å²) in [7, 11) is 0. The minimum atomic E-state index is 0.772. The number of hydrogen-bond donors (Lipinski definition) is 0. The fraction of sp³-hybridized carbons (Fsp3) is 0.231. The molecule has 0 fully saturated rings. The summed E-state index contributed by atoms with van der Waals surface area (Å²) in [6.45, 7) is 2.03. The summed E-state index contributed by atoms with van der Waals surface area (Å²) in [6.07, 6.45) is 1.89. The molecule has 2 nitrogen and oxygen atoms in total. The number of aromatic nitrogens is 2. The van der Waals surface area contributed by atoms with Crippen molar-refractivity contribution < 1.29 is 0 Å². The number of nitrogens with zero attached hydrogens (tertiary/aromatic N) is 2. The number of benzene rings is 1. The van der Waals surface area contributed by atoms with Gasteiger partial charge >= 0.3 is 0 Å². The Balaban J connectivity index is 2.09. The van der Waals surface area contributed by atoms with Crippen molar-refractivity contribution in [1.29, 1.82) is 0 Å². The fourth-order valence-electron chi connectivity index (χ4n) is 1.43. The molecule has 0 radical (unpaired) electrons. The van der Waals surface area contributed by atoms with Crippen LogP contribution < -0.4 is 0 Å². The molecular formula is C13H12Br2N2S. The molecule has 0 aliphatic heterocycles. The molecular weight excluding hydrogens is 376 g/mol. The quantitative estimate of drug-likeness (QED) is 0.559. The molecule has 0 aliphatic rings. The van der Waals surface area contributed by atoms with E-state index in [1.165, 1.54) is 4.90 Å². The van der Waals surface area contributed by atoms with Gasteiger partial charge in [-0.1, -0.05) is 28.1 Å². The maximum Gasteiger partial charge on any atom is 0.138 e. The Morgan fingerprint density at radius 3 is 2.78 bits per heavy atom. The average molecular weight is 388 g/mol. The van der Waals surface area contributed by atoms with Gasteiger partial charge in [0.25, 0.3) is 0 Å². The lowest BCUT2D eigenvalue weighted by Gasteiger charge is -2.06. The van der Waals surface area contributed by atoms with Crippen molar-refractivity contribution in [2.45, 2.75) is 22.9 Å². The molecule has 0 saturated carbocycles. The summed E-state index contributed by atoms with van der Waals surface area (Å²) in [5.41, 5.74) is 2.19. The van der Waals surface area contributed by atoms with E-state index in [4.69, 9.17) is 0 Å². The minimum Gasteiger partial charge on any atom is -0.240 e. The highest BCUT2D eigenvalue weighted by Crippen LogP contribution is 2.29. The van der Waals surface area contributed by atoms with E-state index in [-0.39, 0.29) is 0 Å². The SMILES string of the molecule is Cc1cnc(CSc2ccccc2Br)nc1CBr. The number of alkyl halides is 1. The van der Waals surface area contributed by atoms with Gasteiger partial charge < -0.3 is 0 Å². The number of aryl methyl sites for hydroxylation is 1. The maximum absolute atomic E-state index is 4.54. The first kappa shape index (κ1) is 14.0. The Bertz CT molecular complexity index is 546. The molecule has 0 unspecified atom stereocenters. The van der Waals surface area contributed by atoms with Gasteiger partial charge in [-0.15, -0.1) is 11.8 Å². The van der Waals surface area contributed by atoms with Crippen molar-refractivity contribution in [2.75, 3.05) is 0 Å². The molecule has 0 bridgehead atoms. The van der Waals surface area contributed by atoms with E-state index in [2.05, 4.69) is 47.9 Å². The standard InChI is InChI=1S/C13H12Br2N2S/c1-9-7-16-13(17-11(9)6-14)8-18-12-5-3-2-4-10(12)15/h2-5,7H,6,8H2,1H3. The molecule has 1 aromatic carbocycles. The Morgan fingerprint density at radius 2 is 2.06 bits per heavy atom. The minimum absolute atomic E-state index is 0.772. The Labute approximate surface area is 128 Å². The molecule has 5 heteroatoms. The second-order valence-corrected chi connectivity index (χ2v) is 6.20. The zero-order valence-corrected chi connectivity index (χ0v) is 13.8. The highest BCUT2D eigenvalue weighted by molar-refractivity contribution is 9.10. The number of hydrogen-bond acceptors (Lipinski definition) is 3. The lowest BCUT2D eigenvalue weighted by molar-refractivity contribution is 0.967. The van der Waals surface area contributed by atoms with E-state index in [0.29, 0.717) is 0 Å². The molecule has 0 N–H and O–H groups in total. The van der Waals surface area contributed by atoms with Crippen LogP contribution in [-0.4, -0.2) is 9.97 Å². The molecule has 0 spiro atoms. The van der Waals surface area contributed by atoms with Crippen LogP contribution in [0.1, 0.15) is 17.1 Å². The van der Waals surface area contributed by atoms with E-state index in [0.717, 1.165) is 32.6 Å². The zero-order chi connectivity index (χ0) is 13.0. The highest BCUT2D eigenvalue weighted by atomic mass is 79.9. The summed E-state index contributed by atoms with van der Waals surface area (Å²) in [5, 5.41) is 0.772. The van der Waals surface area contributed by atoms with Crippen LogP contribution in [0.4, 0.5) is 0 Å². The first-order chi connectivity index (χ1) is 8.70. The lowest BCUT2D eigenvalue weighted by atomic mass is 10.3. The summed E-state index contributed by atoms with van der Waals surface area (Å²) < 4.78 is 1.11. The lowest BCUT2D eigenvalue weighted by Crippen LogP contribution is -1.99. The zero-order valence-electron chi connectivity index (χ0n) is 9.86. The monoisotopic (exact) mass is 386 g/mol. The van der Waals surface area contributed by atoms with Crippen molar-refractivity contribution in [2.24, 2.45) is 0 Å². The van der Waals surface area contributed by atoms with Crippen molar-refractivity contribution in [3.63, 3.8) is 0 Å². The van der Waals surface area contributed by atoms with Crippen LogP contribution in [0.5, 0.6) is 0 Å². The van der Waals surface area contributed by atoms with Crippen molar-refractivity contribution >= 4 is 43.6 Å². The van der Waals surface area contributed by atoms with Gasteiger partial charge in [-0.3, -0.25) is 0 Å². The molecule has 1 aromatic heterocycles. The largest absolute Gasteiger partial charge is 0.240 e. The van der Waals surface area contributed by atoms with Crippen LogP contribution >= 0.6 is 43.6 Å². The maximum atomic E-state index is 4.54. The molecule has 0 atom stereocenters. The number of rotatable bonds is 4. The Hall–Kier alpha value is -0.390. The second kappa shape index (κ2) is 6.68. The van der Waals surface area contributed by atoms with Gasteiger partial charge in [0.1, 0.15) is 5.82 Å². The van der Waals surface area contributed by atoms with Gasteiger partial charge in [0.2, 0.25) is 0 Å². The van der Waals surface area contributed by atoms with Gasteiger partial charge in [-0.2, -0.15) is 0 Å². The Kier molecular flexibility index (Phi) is 5.21. The molecule has 94 valence electrons. The molecule has 0 saturated heterocycles. The molecule has 1 heterocycles. The highest BCUT2D eigenvalue weighted by Gasteiger charge is 2.05. The third-order valence-corrected chi connectivity index (χ3v) is 5.00. The third-order valence-electron chi connectivity index (χ3n) is 2.45. The van der Waals surface area contributed by atoms with Gasteiger partial charge in [0.15, 0.2) is 0 Å². The smallest absolute Gasteiger partial charge is 0.138 e. The normalized spacial score (nSPS) is 10.6. The van der Waals surface area contributed by atoms with Crippen LogP contribution in [0.3, 0.4) is 0 Å². The third kappa shape index (κ3) is 3.56. The first-order valence-electron chi connectivity index (χ1n) is 5.45. The predicted molar refractivity (Wildman–Crippen MR) is 83.1 cm³/mol. The van der Waals surface area contributed by atoms with Crippen LogP contribution in [0, 0.1) is 6.92 Å². The first-order valence-corrected chi connectivity index (χ1v) is 8.35. The van der Waals surface area contributed by atoms with Crippen LogP contribution in [-0.2, 0) is 11.1 Å². The van der Waals surface area contributed by atoms with Crippen molar-refractivity contribution in [3.05, 3.63) is 52.0 Å². The van der Waals surface area contributed by atoms with Gasteiger partial charge in [0, 0.05) is 20.9 Å². The topological polar surface area (TPSA) is 25.8 Å². The average Bonchev–Trinajstić information content (AvgIpc) is 2.39. The van der Waals surface area contributed by atoms with E-state index in [1.807, 2.05) is 31.3 Å². The Morgan fingerprint density at radius 1 is 1.28 bits per heavy atom. The van der Waals surface area contributed by atoms with E-state index in [1.54, 1.807) is 11.8 Å². The molecule has 2 aromatic rings. The summed E-state index contributed by atoms with van der Waals surface area (Å²) >= 11 is 8.72. The van der Waals surface area contributed by atoms with Crippen molar-refractivity contribution in [1.82, 2.24) is 9.97 Å². The van der Waals surface area contributed by atoms with Crippen LogP contribution in [0.15, 0.2) is 39.8 Å². The molecule has 0 aliphatic carbocycles. The fourth-order valence-corrected chi connectivity index (χ4v) is 3.43. The number of thioether (sulfide) groups is 1. The van der Waals surface area contributed by atoms with Crippen LogP contribution in [0.2, 0.25) is 0 Å². The predicted octanol–water partition coefficient (Wildman–Crippen LogP) is 4.73. The van der Waals surface area contributed by atoms with Crippen LogP contribution in [0.25, 0.3) is 0 Å². The molecule has 0 amide bonds. The van der Waals surface area contributed by atoms with E-state index in [9.17, 15) is 0 Å². The molecule has 18 heavy (non-hydrogen) atoms. The van der Waals surface area contributed by atoms with E-state index >= 15 is 0 Å². The van der Waals surface area contributed by atoms with Gasteiger partial charge in [-0.05, 0) is 40.5 Å². The van der Waals surface area contributed by atoms with Crippen molar-refractivity contribution in [3.8, 4) is 0 Å². The van der Waals surface area contributed by atoms with E-state index < -0.39 is 0 Å². The van der Waals surface area contributed by atoms with Gasteiger partial charge in [-0.25, -0.2) is 9.97 Å². The second-order valence-electron chi connectivity index (χ2n) is 3.77. The number of halogens is 2. The summed E-state index contributed by atoms with van der Waals surface area (Å²) in [4.78, 5) is 10.1. The van der Waals surface area contributed by atoms with Gasteiger partial charge in [0.05, 0.1) is 11.4 Å². The summed E-state index contributed by atoms with van der Waals surface area (Å²) in [5.74, 6) is 1.65.